The maximum atomic E-state index is 13.5. The van der Waals surface area contributed by atoms with Crippen LogP contribution in [0.25, 0.3) is 0 Å². The van der Waals surface area contributed by atoms with Crippen molar-refractivity contribution in [3.05, 3.63) is 40.1 Å². The van der Waals surface area contributed by atoms with Gasteiger partial charge in [-0.25, -0.2) is 9.37 Å². The van der Waals surface area contributed by atoms with Gasteiger partial charge < -0.3 is 19.7 Å². The maximum absolute atomic E-state index is 13.5. The van der Waals surface area contributed by atoms with Gasteiger partial charge >= 0.3 is 0 Å². The number of carbonyl (C=O) groups excluding carboxylic acids is 2. The molecule has 10 heteroatoms. The number of hydrogen-bond acceptors (Lipinski definition) is 7. The zero-order chi connectivity index (χ0) is 22.3. The van der Waals surface area contributed by atoms with Gasteiger partial charge in [-0.1, -0.05) is 11.6 Å². The lowest BCUT2D eigenvalue weighted by Crippen LogP contribution is -2.75. The van der Waals surface area contributed by atoms with Crippen LogP contribution in [0.3, 0.4) is 0 Å². The summed E-state index contributed by atoms with van der Waals surface area (Å²) in [6, 6.07) is 4.10. The maximum Gasteiger partial charge on any atom is 0.271 e. The number of carbonyl (C=O) groups is 2. The molecule has 7 nitrogen and oxygen atoms in total. The number of hydrogen-bond donors (Lipinski definition) is 1. The van der Waals surface area contributed by atoms with Gasteiger partial charge in [-0.3, -0.25) is 9.59 Å². The molecule has 1 amide bonds. The van der Waals surface area contributed by atoms with Gasteiger partial charge in [0, 0.05) is 36.5 Å². The highest BCUT2D eigenvalue weighted by atomic mass is 35.5. The van der Waals surface area contributed by atoms with Crippen molar-refractivity contribution in [1.29, 1.82) is 0 Å². The molecule has 1 aliphatic heterocycles. The number of Topliss-reactive ketones (excluding diaryl/α,β-unsaturated/α-hetero) is 1. The Balaban J connectivity index is 1.08. The largest absolute Gasteiger partial charge is 0.486 e. The molecule has 32 heavy (non-hydrogen) atoms. The lowest BCUT2D eigenvalue weighted by atomic mass is 9.38. The monoisotopic (exact) mass is 479 g/mol. The Labute approximate surface area is 193 Å². The highest BCUT2D eigenvalue weighted by molar-refractivity contribution is 7.13. The van der Waals surface area contributed by atoms with E-state index in [4.69, 9.17) is 21.1 Å². The van der Waals surface area contributed by atoms with Crippen LogP contribution in [-0.2, 0) is 9.53 Å². The second-order valence-electron chi connectivity index (χ2n) is 8.96. The van der Waals surface area contributed by atoms with Crippen LogP contribution in [-0.4, -0.2) is 55.1 Å². The number of nitrogens with one attached hydrogen (secondary N) is 1. The normalized spacial score (nSPS) is 26.1. The minimum absolute atomic E-state index is 0.0138. The molecular weight excluding hydrogens is 457 g/mol. The van der Waals surface area contributed by atoms with Crippen molar-refractivity contribution in [2.45, 2.75) is 31.2 Å². The van der Waals surface area contributed by atoms with Crippen LogP contribution in [0.5, 0.6) is 5.75 Å². The summed E-state index contributed by atoms with van der Waals surface area (Å²) in [5.74, 6) is -0.490. The molecule has 3 saturated carbocycles. The number of morpholine rings is 1. The van der Waals surface area contributed by atoms with E-state index in [2.05, 4.69) is 15.2 Å². The van der Waals surface area contributed by atoms with Crippen LogP contribution >= 0.6 is 22.9 Å². The third-order valence-corrected chi connectivity index (χ3v) is 7.60. The number of ketones is 1. The van der Waals surface area contributed by atoms with Crippen LogP contribution < -0.4 is 15.0 Å². The molecule has 1 aromatic carbocycles. The standard InChI is InChI=1S/C22H23ClFN3O4S/c23-16-2-1-15(7-17(16)24)31-9-14(28)8-21-11-22(12-21,13-21)26-19(29)18-10-32-20(25-18)27-3-5-30-6-4-27/h1-2,7,10H,3-6,8-9,11-13H2,(H,26,29). The van der Waals surface area contributed by atoms with Gasteiger partial charge in [0.15, 0.2) is 10.9 Å². The molecule has 2 aromatic rings. The molecule has 1 aromatic heterocycles. The van der Waals surface area contributed by atoms with Gasteiger partial charge in [-0.15, -0.1) is 11.3 Å². The quantitative estimate of drug-likeness (QED) is 0.624. The number of thiazole rings is 1. The predicted molar refractivity (Wildman–Crippen MR) is 118 cm³/mol. The number of nitrogens with zero attached hydrogens (tertiary/aromatic N) is 2. The van der Waals surface area contributed by atoms with Gasteiger partial charge in [-0.05, 0) is 36.8 Å². The highest BCUT2D eigenvalue weighted by Gasteiger charge is 2.68. The Morgan fingerprint density at radius 3 is 2.75 bits per heavy atom. The first-order chi connectivity index (χ1) is 15.4. The Kier molecular flexibility index (Phi) is 5.59. The number of anilines is 1. The van der Waals surface area contributed by atoms with E-state index in [1.807, 2.05) is 0 Å². The topological polar surface area (TPSA) is 80.8 Å². The molecule has 1 N–H and O–H groups in total. The fraction of sp³-hybridized carbons (Fsp3) is 0.500. The summed E-state index contributed by atoms with van der Waals surface area (Å²) < 4.78 is 24.2. The lowest BCUT2D eigenvalue weighted by Gasteiger charge is -2.70. The summed E-state index contributed by atoms with van der Waals surface area (Å²) in [6.07, 6.45) is 2.76. The molecule has 4 aliphatic rings. The van der Waals surface area contributed by atoms with E-state index in [-0.39, 0.29) is 40.0 Å². The van der Waals surface area contributed by atoms with E-state index >= 15 is 0 Å². The Hall–Kier alpha value is -2.23. The van der Waals surface area contributed by atoms with E-state index in [1.165, 1.54) is 29.5 Å². The molecule has 4 fully saturated rings. The molecule has 3 aliphatic carbocycles. The molecular formula is C22H23ClFN3O4S. The SMILES string of the molecule is O=C(COc1ccc(Cl)c(F)c1)CC12CC(NC(=O)c3csc(N4CCOCC4)n3)(C1)C2. The zero-order valence-corrected chi connectivity index (χ0v) is 18.9. The second kappa shape index (κ2) is 8.28. The third-order valence-electron chi connectivity index (χ3n) is 6.39. The van der Waals surface area contributed by atoms with Crippen molar-refractivity contribution in [3.63, 3.8) is 0 Å². The Morgan fingerprint density at radius 2 is 2.03 bits per heavy atom. The smallest absolute Gasteiger partial charge is 0.271 e. The molecule has 2 bridgehead atoms. The average Bonchev–Trinajstić information content (AvgIpc) is 3.23. The predicted octanol–water partition coefficient (Wildman–Crippen LogP) is 3.46. The van der Waals surface area contributed by atoms with Crippen molar-refractivity contribution >= 4 is 39.8 Å². The molecule has 2 heterocycles. The Morgan fingerprint density at radius 1 is 1.28 bits per heavy atom. The number of aromatic nitrogens is 1. The van der Waals surface area contributed by atoms with Crippen LogP contribution in [0.4, 0.5) is 9.52 Å². The number of rotatable bonds is 8. The molecule has 0 radical (unpaired) electrons. The zero-order valence-electron chi connectivity index (χ0n) is 17.4. The Bertz CT molecular complexity index is 1040. The van der Waals surface area contributed by atoms with E-state index in [1.54, 1.807) is 5.38 Å². The van der Waals surface area contributed by atoms with Gasteiger partial charge in [0.2, 0.25) is 0 Å². The summed E-state index contributed by atoms with van der Waals surface area (Å²) in [5, 5.41) is 5.78. The number of benzene rings is 1. The van der Waals surface area contributed by atoms with Gasteiger partial charge in [0.05, 0.1) is 18.2 Å². The summed E-state index contributed by atoms with van der Waals surface area (Å²) >= 11 is 7.12. The number of ether oxygens (including phenoxy) is 2. The summed E-state index contributed by atoms with van der Waals surface area (Å²) in [6.45, 7) is 2.81. The van der Waals surface area contributed by atoms with Crippen LogP contribution in [0.1, 0.15) is 36.2 Å². The molecule has 170 valence electrons. The lowest BCUT2D eigenvalue weighted by molar-refractivity contribution is -0.162. The van der Waals surface area contributed by atoms with Crippen LogP contribution in [0.15, 0.2) is 23.6 Å². The second-order valence-corrected chi connectivity index (χ2v) is 10.2. The van der Waals surface area contributed by atoms with E-state index in [0.29, 0.717) is 25.3 Å². The molecule has 0 spiro atoms. The van der Waals surface area contributed by atoms with Crippen molar-refractivity contribution < 1.29 is 23.5 Å². The van der Waals surface area contributed by atoms with Crippen molar-refractivity contribution in [1.82, 2.24) is 10.3 Å². The molecule has 1 saturated heterocycles. The number of halogens is 2. The first kappa shape index (κ1) is 21.6. The van der Waals surface area contributed by atoms with Crippen molar-refractivity contribution in [3.8, 4) is 5.75 Å². The van der Waals surface area contributed by atoms with Gasteiger partial charge in [-0.2, -0.15) is 0 Å². The first-order valence-electron chi connectivity index (χ1n) is 10.6. The minimum atomic E-state index is -0.578. The van der Waals surface area contributed by atoms with Crippen LogP contribution in [0.2, 0.25) is 5.02 Å². The molecule has 6 rings (SSSR count). The van der Waals surface area contributed by atoms with E-state index in [9.17, 15) is 14.0 Å². The summed E-state index contributed by atoms with van der Waals surface area (Å²) in [5.41, 5.74) is 0.162. The average molecular weight is 480 g/mol. The third kappa shape index (κ3) is 4.21. The van der Waals surface area contributed by atoms with Crippen LogP contribution in [0, 0.1) is 11.2 Å². The minimum Gasteiger partial charge on any atom is -0.486 e. The molecule has 0 atom stereocenters. The highest BCUT2D eigenvalue weighted by Crippen LogP contribution is 2.69. The van der Waals surface area contributed by atoms with Gasteiger partial charge in [0.1, 0.15) is 23.9 Å². The fourth-order valence-electron chi connectivity index (χ4n) is 5.09. The fourth-order valence-corrected chi connectivity index (χ4v) is 6.07. The van der Waals surface area contributed by atoms with E-state index in [0.717, 1.165) is 37.5 Å². The summed E-state index contributed by atoms with van der Waals surface area (Å²) in [4.78, 5) is 31.6. The molecule has 0 unspecified atom stereocenters. The first-order valence-corrected chi connectivity index (χ1v) is 11.8. The number of amides is 1. The van der Waals surface area contributed by atoms with E-state index < -0.39 is 5.82 Å². The van der Waals surface area contributed by atoms with Crippen molar-refractivity contribution in [2.24, 2.45) is 5.41 Å². The van der Waals surface area contributed by atoms with Crippen molar-refractivity contribution in [2.75, 3.05) is 37.8 Å². The summed E-state index contributed by atoms with van der Waals surface area (Å²) in [7, 11) is 0. The van der Waals surface area contributed by atoms with Gasteiger partial charge in [0.25, 0.3) is 5.91 Å².